The highest BCUT2D eigenvalue weighted by atomic mass is 35.5. The van der Waals surface area contributed by atoms with Gasteiger partial charge < -0.3 is 5.32 Å². The second-order valence-corrected chi connectivity index (χ2v) is 5.20. The maximum Gasteiger partial charge on any atom is 0.288 e. The number of nitro benzene ring substituents is 1. The van der Waals surface area contributed by atoms with Gasteiger partial charge in [-0.15, -0.1) is 0 Å². The molecule has 0 atom stereocenters. The number of rotatable bonds is 3. The van der Waals surface area contributed by atoms with E-state index in [9.17, 15) is 14.9 Å². The number of halogens is 3. The molecule has 0 aliphatic heterocycles. The molecule has 0 saturated heterocycles. The number of carbonyl (C=O) groups excluding carboxylic acids is 1. The molecule has 0 aliphatic carbocycles. The molecule has 0 aromatic heterocycles. The van der Waals surface area contributed by atoms with Gasteiger partial charge in [0.2, 0.25) is 0 Å². The largest absolute Gasteiger partial charge is 0.319 e. The minimum Gasteiger partial charge on any atom is -0.319 e. The Bertz CT molecular complexity index is 714. The van der Waals surface area contributed by atoms with E-state index in [1.165, 1.54) is 12.1 Å². The van der Waals surface area contributed by atoms with E-state index in [1.807, 2.05) is 0 Å². The first kappa shape index (κ1) is 15.6. The molecule has 2 rings (SSSR count). The molecule has 108 valence electrons. The number of carbonyl (C=O) groups is 1. The fourth-order valence-electron chi connectivity index (χ4n) is 1.60. The molecular formula is C13H7Cl3N2O3. The van der Waals surface area contributed by atoms with Gasteiger partial charge in [0, 0.05) is 11.6 Å². The molecule has 0 heterocycles. The molecule has 0 spiro atoms. The molecule has 1 amide bonds. The SMILES string of the molecule is O=C(Nc1c(Cl)cccc1Cl)c1ccc(Cl)c([N+](=O)[O-])c1. The Morgan fingerprint density at radius 3 is 2.24 bits per heavy atom. The van der Waals surface area contributed by atoms with Crippen LogP contribution < -0.4 is 5.32 Å². The number of nitrogens with zero attached hydrogens (tertiary/aromatic N) is 1. The molecule has 0 unspecified atom stereocenters. The van der Waals surface area contributed by atoms with Crippen molar-refractivity contribution in [2.24, 2.45) is 0 Å². The fourth-order valence-corrected chi connectivity index (χ4v) is 2.28. The summed E-state index contributed by atoms with van der Waals surface area (Å²) in [5.74, 6) is -0.579. The number of anilines is 1. The van der Waals surface area contributed by atoms with E-state index >= 15 is 0 Å². The summed E-state index contributed by atoms with van der Waals surface area (Å²) in [6, 6.07) is 8.49. The Kier molecular flexibility index (Phi) is 4.67. The van der Waals surface area contributed by atoms with Crippen LogP contribution >= 0.6 is 34.8 Å². The lowest BCUT2D eigenvalue weighted by atomic mass is 10.2. The van der Waals surface area contributed by atoms with Gasteiger partial charge in [0.1, 0.15) is 5.02 Å². The number of para-hydroxylation sites is 1. The zero-order valence-electron chi connectivity index (χ0n) is 10.3. The smallest absolute Gasteiger partial charge is 0.288 e. The third kappa shape index (κ3) is 3.44. The van der Waals surface area contributed by atoms with Gasteiger partial charge >= 0.3 is 0 Å². The summed E-state index contributed by atoms with van der Waals surface area (Å²) >= 11 is 17.6. The zero-order chi connectivity index (χ0) is 15.6. The molecule has 0 aliphatic rings. The Labute approximate surface area is 134 Å². The Balaban J connectivity index is 2.33. The van der Waals surface area contributed by atoms with Crippen molar-refractivity contribution in [2.75, 3.05) is 5.32 Å². The average Bonchev–Trinajstić information content (AvgIpc) is 2.43. The molecule has 0 bridgehead atoms. The number of hydrogen-bond acceptors (Lipinski definition) is 3. The van der Waals surface area contributed by atoms with Crippen LogP contribution in [0, 0.1) is 10.1 Å². The number of hydrogen-bond donors (Lipinski definition) is 1. The van der Waals surface area contributed by atoms with Crippen molar-refractivity contribution >= 4 is 52.1 Å². The van der Waals surface area contributed by atoms with Gasteiger partial charge in [-0.1, -0.05) is 40.9 Å². The van der Waals surface area contributed by atoms with E-state index in [-0.39, 0.29) is 32.0 Å². The van der Waals surface area contributed by atoms with Gasteiger partial charge in [-0.25, -0.2) is 0 Å². The van der Waals surface area contributed by atoms with E-state index in [0.29, 0.717) is 0 Å². The third-order valence-corrected chi connectivity index (χ3v) is 3.56. The minimum atomic E-state index is -0.665. The maximum absolute atomic E-state index is 12.1. The van der Waals surface area contributed by atoms with E-state index in [4.69, 9.17) is 34.8 Å². The first-order valence-corrected chi connectivity index (χ1v) is 6.73. The van der Waals surface area contributed by atoms with E-state index in [1.54, 1.807) is 18.2 Å². The summed E-state index contributed by atoms with van der Waals surface area (Å²) in [5.41, 5.74) is -0.0416. The van der Waals surface area contributed by atoms with Gasteiger partial charge in [0.25, 0.3) is 11.6 Å². The molecule has 0 saturated carbocycles. The van der Waals surface area contributed by atoms with Crippen molar-refractivity contribution in [1.82, 2.24) is 0 Å². The molecule has 8 heteroatoms. The Morgan fingerprint density at radius 1 is 1.05 bits per heavy atom. The van der Waals surface area contributed by atoms with Crippen LogP contribution in [0.1, 0.15) is 10.4 Å². The van der Waals surface area contributed by atoms with Crippen LogP contribution in [0.3, 0.4) is 0 Å². The van der Waals surface area contributed by atoms with Crippen LogP contribution in [0.4, 0.5) is 11.4 Å². The topological polar surface area (TPSA) is 72.2 Å². The summed E-state index contributed by atoms with van der Waals surface area (Å²) < 4.78 is 0. The standard InChI is InChI=1S/C13H7Cl3N2O3/c14-8-5-4-7(6-11(8)18(20)21)13(19)17-12-9(15)2-1-3-10(12)16/h1-6H,(H,17,19). The summed E-state index contributed by atoms with van der Waals surface area (Å²) in [7, 11) is 0. The van der Waals surface area contributed by atoms with Crippen molar-refractivity contribution in [3.8, 4) is 0 Å². The van der Waals surface area contributed by atoms with Gasteiger partial charge in [-0.3, -0.25) is 14.9 Å². The quantitative estimate of drug-likeness (QED) is 0.641. The van der Waals surface area contributed by atoms with E-state index in [0.717, 1.165) is 6.07 Å². The summed E-state index contributed by atoms with van der Waals surface area (Å²) in [6.45, 7) is 0. The van der Waals surface area contributed by atoms with Crippen LogP contribution in [0.25, 0.3) is 0 Å². The van der Waals surface area contributed by atoms with Crippen LogP contribution in [0.2, 0.25) is 15.1 Å². The molecule has 0 fully saturated rings. The van der Waals surface area contributed by atoms with Crippen LogP contribution in [0.5, 0.6) is 0 Å². The van der Waals surface area contributed by atoms with Crippen molar-refractivity contribution in [3.63, 3.8) is 0 Å². The maximum atomic E-state index is 12.1. The van der Waals surface area contributed by atoms with Crippen molar-refractivity contribution in [1.29, 1.82) is 0 Å². The number of amides is 1. The van der Waals surface area contributed by atoms with Gasteiger partial charge in [0.05, 0.1) is 20.7 Å². The van der Waals surface area contributed by atoms with Crippen molar-refractivity contribution in [3.05, 3.63) is 67.1 Å². The van der Waals surface area contributed by atoms with Crippen molar-refractivity contribution < 1.29 is 9.72 Å². The third-order valence-electron chi connectivity index (χ3n) is 2.61. The molecule has 1 N–H and O–H groups in total. The second kappa shape index (κ2) is 6.30. The highest BCUT2D eigenvalue weighted by Crippen LogP contribution is 2.31. The lowest BCUT2D eigenvalue weighted by Crippen LogP contribution is -2.13. The van der Waals surface area contributed by atoms with Gasteiger partial charge in [-0.2, -0.15) is 0 Å². The fraction of sp³-hybridized carbons (Fsp3) is 0. The van der Waals surface area contributed by atoms with E-state index in [2.05, 4.69) is 5.32 Å². The predicted octanol–water partition coefficient (Wildman–Crippen LogP) is 4.81. The Hall–Kier alpha value is -1.82. The molecule has 2 aromatic carbocycles. The first-order chi connectivity index (χ1) is 9.90. The Morgan fingerprint density at radius 2 is 1.67 bits per heavy atom. The zero-order valence-corrected chi connectivity index (χ0v) is 12.5. The molecule has 5 nitrogen and oxygen atoms in total. The first-order valence-electron chi connectivity index (χ1n) is 5.59. The number of nitrogens with one attached hydrogen (secondary N) is 1. The van der Waals surface area contributed by atoms with Crippen LogP contribution in [0.15, 0.2) is 36.4 Å². The highest BCUT2D eigenvalue weighted by Gasteiger charge is 2.17. The van der Waals surface area contributed by atoms with Gasteiger partial charge in [0.15, 0.2) is 0 Å². The monoisotopic (exact) mass is 344 g/mol. The lowest BCUT2D eigenvalue weighted by molar-refractivity contribution is -0.384. The summed E-state index contributed by atoms with van der Waals surface area (Å²) in [5, 5.41) is 13.8. The highest BCUT2D eigenvalue weighted by molar-refractivity contribution is 6.40. The van der Waals surface area contributed by atoms with Crippen LogP contribution in [-0.4, -0.2) is 10.8 Å². The second-order valence-electron chi connectivity index (χ2n) is 3.97. The minimum absolute atomic E-state index is 0.0488. The lowest BCUT2D eigenvalue weighted by Gasteiger charge is -2.09. The normalized spacial score (nSPS) is 10.2. The van der Waals surface area contributed by atoms with Crippen molar-refractivity contribution in [2.45, 2.75) is 0 Å². The molecule has 0 radical (unpaired) electrons. The molecule has 2 aromatic rings. The summed E-state index contributed by atoms with van der Waals surface area (Å²) in [6.07, 6.45) is 0. The number of nitro groups is 1. The summed E-state index contributed by atoms with van der Waals surface area (Å²) in [4.78, 5) is 22.3. The van der Waals surface area contributed by atoms with E-state index < -0.39 is 10.8 Å². The predicted molar refractivity (Wildman–Crippen MR) is 82.5 cm³/mol. The number of benzene rings is 2. The average molecular weight is 346 g/mol. The van der Waals surface area contributed by atoms with Gasteiger partial charge in [-0.05, 0) is 24.3 Å². The van der Waals surface area contributed by atoms with Crippen LogP contribution in [-0.2, 0) is 0 Å². The molecule has 21 heavy (non-hydrogen) atoms. The molecular weight excluding hydrogens is 339 g/mol.